The quantitative estimate of drug-likeness (QED) is 0.625. The average Bonchev–Trinajstić information content (AvgIpc) is 2.48. The number of fused-ring (bicyclic) bond motifs is 1. The summed E-state index contributed by atoms with van der Waals surface area (Å²) in [6.45, 7) is 3.56. The van der Waals surface area contributed by atoms with E-state index >= 15 is 0 Å². The molecule has 0 N–H and O–H groups in total. The number of rotatable bonds is 0. The SMILES string of the molecule is Cc1cc(F)c(C)c2nsnc12. The van der Waals surface area contributed by atoms with Gasteiger partial charge in [-0.15, -0.1) is 0 Å². The molecule has 0 spiro atoms. The zero-order valence-electron chi connectivity index (χ0n) is 6.76. The van der Waals surface area contributed by atoms with Gasteiger partial charge in [-0.05, 0) is 25.5 Å². The van der Waals surface area contributed by atoms with Crippen molar-refractivity contribution in [3.05, 3.63) is 23.0 Å². The molecule has 0 aliphatic rings. The lowest BCUT2D eigenvalue weighted by molar-refractivity contribution is 0.619. The molecule has 0 saturated heterocycles. The van der Waals surface area contributed by atoms with E-state index in [0.717, 1.165) is 22.8 Å². The van der Waals surface area contributed by atoms with E-state index in [9.17, 15) is 4.39 Å². The predicted molar refractivity (Wildman–Crippen MR) is 46.8 cm³/mol. The van der Waals surface area contributed by atoms with Gasteiger partial charge in [0, 0.05) is 5.56 Å². The molecule has 12 heavy (non-hydrogen) atoms. The van der Waals surface area contributed by atoms with Crippen molar-refractivity contribution < 1.29 is 4.39 Å². The molecule has 0 aliphatic carbocycles. The second-order valence-corrected chi connectivity index (χ2v) is 3.29. The van der Waals surface area contributed by atoms with Gasteiger partial charge in [0.15, 0.2) is 0 Å². The van der Waals surface area contributed by atoms with Gasteiger partial charge in [-0.3, -0.25) is 0 Å². The molecule has 1 heterocycles. The second kappa shape index (κ2) is 2.48. The highest BCUT2D eigenvalue weighted by atomic mass is 32.1. The highest BCUT2D eigenvalue weighted by Gasteiger charge is 2.09. The molecule has 0 atom stereocenters. The van der Waals surface area contributed by atoms with Crippen molar-refractivity contribution in [3.63, 3.8) is 0 Å². The molecular formula is C8H7FN2S. The molecule has 1 aromatic carbocycles. The van der Waals surface area contributed by atoms with Gasteiger partial charge in [0.25, 0.3) is 0 Å². The van der Waals surface area contributed by atoms with Gasteiger partial charge < -0.3 is 0 Å². The third-order valence-electron chi connectivity index (χ3n) is 1.92. The summed E-state index contributed by atoms with van der Waals surface area (Å²) in [5.74, 6) is -0.201. The molecule has 0 fully saturated rings. The van der Waals surface area contributed by atoms with Gasteiger partial charge in [0.1, 0.15) is 16.9 Å². The van der Waals surface area contributed by atoms with Crippen molar-refractivity contribution in [2.75, 3.05) is 0 Å². The number of hydrogen-bond donors (Lipinski definition) is 0. The fourth-order valence-corrected chi connectivity index (χ4v) is 1.83. The van der Waals surface area contributed by atoms with E-state index in [-0.39, 0.29) is 5.82 Å². The Morgan fingerprint density at radius 3 is 2.67 bits per heavy atom. The van der Waals surface area contributed by atoms with Crippen LogP contribution in [0.2, 0.25) is 0 Å². The lowest BCUT2D eigenvalue weighted by Crippen LogP contribution is -1.87. The Morgan fingerprint density at radius 2 is 1.92 bits per heavy atom. The third-order valence-corrected chi connectivity index (χ3v) is 2.45. The van der Waals surface area contributed by atoms with Gasteiger partial charge in [-0.25, -0.2) is 4.39 Å². The maximum atomic E-state index is 13.1. The van der Waals surface area contributed by atoms with Gasteiger partial charge in [0.2, 0.25) is 0 Å². The highest BCUT2D eigenvalue weighted by molar-refractivity contribution is 7.00. The average molecular weight is 182 g/mol. The Hall–Kier alpha value is -1.03. The lowest BCUT2D eigenvalue weighted by Gasteiger charge is -1.98. The lowest BCUT2D eigenvalue weighted by atomic mass is 10.1. The summed E-state index contributed by atoms with van der Waals surface area (Å²) in [6.07, 6.45) is 0. The smallest absolute Gasteiger partial charge is 0.128 e. The Labute approximate surface area is 73.4 Å². The molecule has 1 aromatic heterocycles. The first-order valence-corrected chi connectivity index (χ1v) is 4.31. The van der Waals surface area contributed by atoms with Gasteiger partial charge >= 0.3 is 0 Å². The summed E-state index contributed by atoms with van der Waals surface area (Å²) < 4.78 is 21.2. The van der Waals surface area contributed by atoms with Crippen molar-refractivity contribution in [1.29, 1.82) is 0 Å². The minimum absolute atomic E-state index is 0.201. The molecular weight excluding hydrogens is 175 g/mol. The minimum atomic E-state index is -0.201. The number of hydrogen-bond acceptors (Lipinski definition) is 3. The second-order valence-electron chi connectivity index (χ2n) is 2.76. The van der Waals surface area contributed by atoms with Crippen LogP contribution in [0.1, 0.15) is 11.1 Å². The number of aryl methyl sites for hydroxylation is 2. The Morgan fingerprint density at radius 1 is 1.25 bits per heavy atom. The van der Waals surface area contributed by atoms with Gasteiger partial charge in [-0.2, -0.15) is 8.75 Å². The first-order chi connectivity index (χ1) is 5.70. The zero-order chi connectivity index (χ0) is 8.72. The number of benzene rings is 1. The van der Waals surface area contributed by atoms with Crippen LogP contribution in [0.3, 0.4) is 0 Å². The molecule has 2 rings (SSSR count). The monoisotopic (exact) mass is 182 g/mol. The van der Waals surface area contributed by atoms with E-state index in [1.165, 1.54) is 6.07 Å². The van der Waals surface area contributed by atoms with Crippen LogP contribution in [0.4, 0.5) is 4.39 Å². The molecule has 0 bridgehead atoms. The molecule has 62 valence electrons. The van der Waals surface area contributed by atoms with Crippen molar-refractivity contribution >= 4 is 22.8 Å². The van der Waals surface area contributed by atoms with E-state index in [4.69, 9.17) is 0 Å². The minimum Gasteiger partial charge on any atom is -0.207 e. The molecule has 0 aliphatic heterocycles. The molecule has 0 unspecified atom stereocenters. The molecule has 0 radical (unpaired) electrons. The first-order valence-electron chi connectivity index (χ1n) is 3.58. The maximum absolute atomic E-state index is 13.1. The zero-order valence-corrected chi connectivity index (χ0v) is 7.57. The van der Waals surface area contributed by atoms with Crippen molar-refractivity contribution in [1.82, 2.24) is 8.75 Å². The Kier molecular flexibility index (Phi) is 1.58. The Balaban J connectivity index is 2.97. The van der Waals surface area contributed by atoms with E-state index < -0.39 is 0 Å². The molecule has 0 saturated carbocycles. The van der Waals surface area contributed by atoms with Gasteiger partial charge in [0.05, 0.1) is 11.7 Å². The molecule has 0 amide bonds. The van der Waals surface area contributed by atoms with Crippen molar-refractivity contribution in [2.24, 2.45) is 0 Å². The Bertz CT molecular complexity index is 436. The maximum Gasteiger partial charge on any atom is 0.128 e. The third kappa shape index (κ3) is 0.914. The topological polar surface area (TPSA) is 25.8 Å². The van der Waals surface area contributed by atoms with Crippen LogP contribution in [0.15, 0.2) is 6.07 Å². The first kappa shape index (κ1) is 7.61. The molecule has 2 nitrogen and oxygen atoms in total. The number of aromatic nitrogens is 2. The van der Waals surface area contributed by atoms with Crippen LogP contribution in [-0.4, -0.2) is 8.75 Å². The fraction of sp³-hybridized carbons (Fsp3) is 0.250. The summed E-state index contributed by atoms with van der Waals surface area (Å²) in [6, 6.07) is 1.50. The molecule has 2 aromatic rings. The van der Waals surface area contributed by atoms with Crippen LogP contribution < -0.4 is 0 Å². The van der Waals surface area contributed by atoms with E-state index in [2.05, 4.69) is 8.75 Å². The summed E-state index contributed by atoms with van der Waals surface area (Å²) >= 11 is 1.12. The van der Waals surface area contributed by atoms with Crippen LogP contribution in [0, 0.1) is 19.7 Å². The number of nitrogens with zero attached hydrogens (tertiary/aromatic N) is 2. The number of halogens is 1. The van der Waals surface area contributed by atoms with Crippen LogP contribution in [0.5, 0.6) is 0 Å². The highest BCUT2D eigenvalue weighted by Crippen LogP contribution is 2.22. The summed E-state index contributed by atoms with van der Waals surface area (Å²) in [4.78, 5) is 0. The summed E-state index contributed by atoms with van der Waals surface area (Å²) in [5.41, 5.74) is 2.95. The van der Waals surface area contributed by atoms with E-state index in [1.54, 1.807) is 6.92 Å². The normalized spacial score (nSPS) is 10.9. The van der Waals surface area contributed by atoms with E-state index in [1.807, 2.05) is 6.92 Å². The molecule has 4 heteroatoms. The summed E-state index contributed by atoms with van der Waals surface area (Å²) in [7, 11) is 0. The fourth-order valence-electron chi connectivity index (χ4n) is 1.17. The predicted octanol–water partition coefficient (Wildman–Crippen LogP) is 2.45. The van der Waals surface area contributed by atoms with Gasteiger partial charge in [-0.1, -0.05) is 0 Å². The van der Waals surface area contributed by atoms with Crippen molar-refractivity contribution in [2.45, 2.75) is 13.8 Å². The largest absolute Gasteiger partial charge is 0.207 e. The van der Waals surface area contributed by atoms with Crippen molar-refractivity contribution in [3.8, 4) is 0 Å². The standard InChI is InChI=1S/C8H7FN2S/c1-4-3-6(9)5(2)8-7(4)10-12-11-8/h3H,1-2H3. The van der Waals surface area contributed by atoms with E-state index in [0.29, 0.717) is 11.1 Å². The van der Waals surface area contributed by atoms with Crippen LogP contribution in [-0.2, 0) is 0 Å². The summed E-state index contributed by atoms with van der Waals surface area (Å²) in [5, 5.41) is 0. The van der Waals surface area contributed by atoms with Crippen LogP contribution >= 0.6 is 11.7 Å². The van der Waals surface area contributed by atoms with Crippen LogP contribution in [0.25, 0.3) is 11.0 Å².